The number of aryl methyl sites for hydroxylation is 1. The van der Waals surface area contributed by atoms with Crippen LogP contribution in [0.3, 0.4) is 0 Å². The summed E-state index contributed by atoms with van der Waals surface area (Å²) in [6.45, 7) is 7.22. The van der Waals surface area contributed by atoms with Gasteiger partial charge in [-0.2, -0.15) is 0 Å². The summed E-state index contributed by atoms with van der Waals surface area (Å²) in [5.74, 6) is -0.760. The predicted octanol–water partition coefficient (Wildman–Crippen LogP) is 4.52. The van der Waals surface area contributed by atoms with Gasteiger partial charge in [0.15, 0.2) is 0 Å². The zero-order valence-corrected chi connectivity index (χ0v) is 22.6. The Kier molecular flexibility index (Phi) is 9.47. The van der Waals surface area contributed by atoms with E-state index in [0.717, 1.165) is 21.9 Å². The smallest absolute Gasteiger partial charge is 0.264 e. The molecule has 3 rings (SSSR count). The van der Waals surface area contributed by atoms with Crippen LogP contribution in [-0.4, -0.2) is 43.8 Å². The second-order valence-electron chi connectivity index (χ2n) is 9.16. The topological polar surface area (TPSA) is 86.8 Å². The second-order valence-corrected chi connectivity index (χ2v) is 11.0. The number of rotatable bonds is 11. The monoisotopic (exact) mass is 521 g/mol. The number of nitrogens with zero attached hydrogens (tertiary/aromatic N) is 2. The van der Waals surface area contributed by atoms with Gasteiger partial charge in [0.2, 0.25) is 11.8 Å². The zero-order valence-electron chi connectivity index (χ0n) is 21.8. The number of hydrogen-bond acceptors (Lipinski definition) is 4. The SMILES string of the molecule is CC[C@H](C)NC(=O)[C@@H](C)N(Cc1cccc(C)c1)C(=O)CN(c1ccccc1)S(=O)(=O)c1ccccc1. The normalized spacial score (nSPS) is 12.9. The van der Waals surface area contributed by atoms with E-state index in [-0.39, 0.29) is 23.4 Å². The van der Waals surface area contributed by atoms with E-state index in [2.05, 4.69) is 5.32 Å². The van der Waals surface area contributed by atoms with Crippen LogP contribution in [-0.2, 0) is 26.2 Å². The quantitative estimate of drug-likeness (QED) is 0.402. The Labute approximate surface area is 220 Å². The van der Waals surface area contributed by atoms with Crippen molar-refractivity contribution in [3.8, 4) is 0 Å². The van der Waals surface area contributed by atoms with Crippen molar-refractivity contribution in [3.05, 3.63) is 96.1 Å². The van der Waals surface area contributed by atoms with Crippen molar-refractivity contribution in [2.24, 2.45) is 0 Å². The minimum absolute atomic E-state index is 0.0508. The van der Waals surface area contributed by atoms with Gasteiger partial charge in [0, 0.05) is 12.6 Å². The third-order valence-corrected chi connectivity index (χ3v) is 8.05. The first kappa shape index (κ1) is 27.9. The summed E-state index contributed by atoms with van der Waals surface area (Å²) in [6, 6.07) is 23.4. The summed E-state index contributed by atoms with van der Waals surface area (Å²) >= 11 is 0. The van der Waals surface area contributed by atoms with E-state index in [4.69, 9.17) is 0 Å². The van der Waals surface area contributed by atoms with Crippen molar-refractivity contribution in [1.29, 1.82) is 0 Å². The van der Waals surface area contributed by atoms with E-state index in [1.54, 1.807) is 55.5 Å². The average molecular weight is 522 g/mol. The lowest BCUT2D eigenvalue weighted by Gasteiger charge is -2.32. The molecule has 0 aromatic heterocycles. The minimum Gasteiger partial charge on any atom is -0.352 e. The molecule has 0 fully saturated rings. The van der Waals surface area contributed by atoms with Gasteiger partial charge in [0.1, 0.15) is 12.6 Å². The van der Waals surface area contributed by atoms with Crippen LogP contribution in [0, 0.1) is 6.92 Å². The molecular formula is C29H35N3O4S. The van der Waals surface area contributed by atoms with Gasteiger partial charge in [-0.05, 0) is 57.0 Å². The van der Waals surface area contributed by atoms with Crippen LogP contribution < -0.4 is 9.62 Å². The molecule has 0 heterocycles. The lowest BCUT2D eigenvalue weighted by Crippen LogP contribution is -2.52. The van der Waals surface area contributed by atoms with Crippen LogP contribution in [0.4, 0.5) is 5.69 Å². The Hall–Kier alpha value is -3.65. The van der Waals surface area contributed by atoms with Crippen LogP contribution in [0.1, 0.15) is 38.3 Å². The lowest BCUT2D eigenvalue weighted by atomic mass is 10.1. The van der Waals surface area contributed by atoms with E-state index in [1.807, 2.05) is 45.0 Å². The summed E-state index contributed by atoms with van der Waals surface area (Å²) in [6.07, 6.45) is 0.751. The molecule has 0 saturated carbocycles. The maximum Gasteiger partial charge on any atom is 0.264 e. The van der Waals surface area contributed by atoms with Gasteiger partial charge in [-0.15, -0.1) is 0 Å². The van der Waals surface area contributed by atoms with Crippen LogP contribution >= 0.6 is 0 Å². The highest BCUT2D eigenvalue weighted by Crippen LogP contribution is 2.24. The number of para-hydroxylation sites is 1. The number of nitrogens with one attached hydrogen (secondary N) is 1. The van der Waals surface area contributed by atoms with Gasteiger partial charge >= 0.3 is 0 Å². The number of amides is 2. The molecule has 3 aromatic carbocycles. The molecule has 2 atom stereocenters. The molecule has 0 aliphatic rings. The fourth-order valence-electron chi connectivity index (χ4n) is 3.90. The molecule has 0 spiro atoms. The molecule has 8 heteroatoms. The van der Waals surface area contributed by atoms with Gasteiger partial charge in [0.25, 0.3) is 10.0 Å². The van der Waals surface area contributed by atoms with Crippen LogP contribution in [0.2, 0.25) is 0 Å². The van der Waals surface area contributed by atoms with Crippen molar-refractivity contribution in [2.45, 2.75) is 57.6 Å². The number of hydrogen-bond donors (Lipinski definition) is 1. The van der Waals surface area contributed by atoms with Crippen molar-refractivity contribution in [1.82, 2.24) is 10.2 Å². The largest absolute Gasteiger partial charge is 0.352 e. The molecule has 0 aliphatic carbocycles. The van der Waals surface area contributed by atoms with Gasteiger partial charge in [-0.1, -0.05) is 73.2 Å². The number of carbonyl (C=O) groups excluding carboxylic acids is 2. The molecule has 1 N–H and O–H groups in total. The van der Waals surface area contributed by atoms with Gasteiger partial charge < -0.3 is 10.2 Å². The Morgan fingerprint density at radius 3 is 2.11 bits per heavy atom. The summed E-state index contributed by atoms with van der Waals surface area (Å²) in [5, 5.41) is 2.94. The molecular weight excluding hydrogens is 486 g/mol. The number of benzene rings is 3. The third-order valence-electron chi connectivity index (χ3n) is 6.26. The molecule has 7 nitrogen and oxygen atoms in total. The summed E-state index contributed by atoms with van der Waals surface area (Å²) in [5.41, 5.74) is 2.25. The lowest BCUT2D eigenvalue weighted by molar-refractivity contribution is -0.139. The van der Waals surface area contributed by atoms with Crippen molar-refractivity contribution < 1.29 is 18.0 Å². The molecule has 196 valence electrons. The molecule has 0 unspecified atom stereocenters. The third kappa shape index (κ3) is 7.20. The molecule has 0 radical (unpaired) electrons. The van der Waals surface area contributed by atoms with Crippen LogP contribution in [0.15, 0.2) is 89.8 Å². The highest BCUT2D eigenvalue weighted by Gasteiger charge is 2.32. The van der Waals surface area contributed by atoms with Gasteiger partial charge in [-0.25, -0.2) is 8.42 Å². The van der Waals surface area contributed by atoms with Crippen molar-refractivity contribution in [2.75, 3.05) is 10.8 Å². The van der Waals surface area contributed by atoms with Crippen molar-refractivity contribution >= 4 is 27.5 Å². The first-order chi connectivity index (χ1) is 17.6. The first-order valence-corrected chi connectivity index (χ1v) is 13.9. The van der Waals surface area contributed by atoms with E-state index in [1.165, 1.54) is 17.0 Å². The standard InChI is InChI=1S/C29H35N3O4S/c1-5-23(3)30-29(34)24(4)31(20-25-14-12-13-22(2)19-25)28(33)21-32(26-15-8-6-9-16-26)37(35,36)27-17-10-7-11-18-27/h6-19,23-24H,5,20-21H2,1-4H3,(H,30,34)/t23-,24+/m0/s1. The summed E-state index contributed by atoms with van der Waals surface area (Å²) < 4.78 is 28.4. The van der Waals surface area contributed by atoms with Gasteiger partial charge in [-0.3, -0.25) is 13.9 Å². The zero-order chi connectivity index (χ0) is 27.0. The Balaban J connectivity index is 1.99. The summed E-state index contributed by atoms with van der Waals surface area (Å²) in [7, 11) is -4.05. The number of sulfonamides is 1. The molecule has 0 bridgehead atoms. The average Bonchev–Trinajstić information content (AvgIpc) is 2.90. The molecule has 0 saturated heterocycles. The second kappa shape index (κ2) is 12.5. The van der Waals surface area contributed by atoms with Crippen LogP contribution in [0.5, 0.6) is 0 Å². The van der Waals surface area contributed by atoms with Crippen molar-refractivity contribution in [3.63, 3.8) is 0 Å². The molecule has 37 heavy (non-hydrogen) atoms. The highest BCUT2D eigenvalue weighted by atomic mass is 32.2. The molecule has 3 aromatic rings. The fourth-order valence-corrected chi connectivity index (χ4v) is 5.33. The summed E-state index contributed by atoms with van der Waals surface area (Å²) in [4.78, 5) is 28.4. The van der Waals surface area contributed by atoms with E-state index in [9.17, 15) is 18.0 Å². The van der Waals surface area contributed by atoms with E-state index >= 15 is 0 Å². The Bertz CT molecular complexity index is 1300. The highest BCUT2D eigenvalue weighted by molar-refractivity contribution is 7.92. The van der Waals surface area contributed by atoms with E-state index < -0.39 is 28.5 Å². The number of carbonyl (C=O) groups is 2. The van der Waals surface area contributed by atoms with Crippen LogP contribution in [0.25, 0.3) is 0 Å². The predicted molar refractivity (Wildman–Crippen MR) is 147 cm³/mol. The fraction of sp³-hybridized carbons (Fsp3) is 0.310. The molecule has 0 aliphatic heterocycles. The Morgan fingerprint density at radius 2 is 1.51 bits per heavy atom. The first-order valence-electron chi connectivity index (χ1n) is 12.4. The maximum atomic E-state index is 13.8. The van der Waals surface area contributed by atoms with Gasteiger partial charge in [0.05, 0.1) is 10.6 Å². The maximum absolute atomic E-state index is 13.8. The Morgan fingerprint density at radius 1 is 0.892 bits per heavy atom. The minimum atomic E-state index is -4.05. The van der Waals surface area contributed by atoms with E-state index in [0.29, 0.717) is 5.69 Å². The molecule has 2 amide bonds. The number of anilines is 1.